The van der Waals surface area contributed by atoms with E-state index in [0.29, 0.717) is 43.6 Å². The van der Waals surface area contributed by atoms with E-state index in [0.717, 1.165) is 46.0 Å². The normalized spacial score (nSPS) is 17.1. The molecule has 0 saturated carbocycles. The van der Waals surface area contributed by atoms with Crippen molar-refractivity contribution in [1.82, 2.24) is 28.9 Å². The molecular weight excluding hydrogens is 768 g/mol. The Hall–Kier alpha value is -5.13. The van der Waals surface area contributed by atoms with Gasteiger partial charge >= 0.3 is 0 Å². The highest BCUT2D eigenvalue weighted by Crippen LogP contribution is 2.22. The number of aromatic nitrogens is 4. The molecule has 17 heteroatoms. The zero-order valence-electron chi connectivity index (χ0n) is 30.0. The van der Waals surface area contributed by atoms with Gasteiger partial charge in [-0.25, -0.2) is 18.4 Å². The number of hydrogen-bond donors (Lipinski definition) is 1. The highest BCUT2D eigenvalue weighted by Gasteiger charge is 2.30. The van der Waals surface area contributed by atoms with Crippen LogP contribution in [0.5, 0.6) is 0 Å². The number of β-amino-alcohol motifs (C(OH)–C–C–N with tert-alkyl or cyclic N) is 1. The third-order valence-corrected chi connectivity index (χ3v) is 9.51. The van der Waals surface area contributed by atoms with E-state index in [1.165, 1.54) is 0 Å². The fourth-order valence-electron chi connectivity index (χ4n) is 6.39. The number of imidazole rings is 2. The van der Waals surface area contributed by atoms with E-state index >= 15 is 0 Å². The number of amides is 2. The number of carbonyl (C=O) groups is 2. The topological polar surface area (TPSA) is 174 Å². The van der Waals surface area contributed by atoms with Crippen molar-refractivity contribution in [3.05, 3.63) is 121 Å². The average Bonchev–Trinajstić information content (AvgIpc) is 3.97. The maximum atomic E-state index is 12.7. The summed E-state index contributed by atoms with van der Waals surface area (Å²) in [4.78, 5) is 37.2. The van der Waals surface area contributed by atoms with Gasteiger partial charge in [0.05, 0.1) is 46.8 Å². The maximum absolute atomic E-state index is 12.7. The minimum atomic E-state index is -3.52. The fraction of sp³-hybridized carbons (Fsp3) is 0.263. The van der Waals surface area contributed by atoms with E-state index in [9.17, 15) is 31.5 Å². The molecule has 6 aromatic rings. The number of likely N-dealkylation sites (tertiary alicyclic amines) is 2. The minimum absolute atomic E-state index is 0.0245. The summed E-state index contributed by atoms with van der Waals surface area (Å²) in [6.45, 7) is 1.80. The lowest BCUT2D eigenvalue weighted by Crippen LogP contribution is -2.30. The van der Waals surface area contributed by atoms with Gasteiger partial charge < -0.3 is 14.9 Å². The summed E-state index contributed by atoms with van der Waals surface area (Å²) >= 11 is 0. The monoisotopic (exact) mass is 806 g/mol. The first kappa shape index (κ1) is 39.6. The molecule has 2 amide bonds. The molecule has 2 saturated heterocycles. The van der Waals surface area contributed by atoms with Gasteiger partial charge in [-0.3, -0.25) is 22.9 Å². The van der Waals surface area contributed by atoms with Gasteiger partial charge in [0, 0.05) is 59.4 Å². The number of aliphatic hydroxyl groups excluding tert-OH is 1. The molecule has 0 radical (unpaired) electrons. The van der Waals surface area contributed by atoms with Gasteiger partial charge in [0.2, 0.25) is 9.05 Å². The molecule has 14 nitrogen and oxygen atoms in total. The predicted octanol–water partition coefficient (Wildman–Crippen LogP) is 4.63. The number of rotatable bonds is 6. The van der Waals surface area contributed by atoms with Crippen LogP contribution in [0.1, 0.15) is 33.6 Å². The molecule has 0 aliphatic carbocycles. The SMILES string of the molecule is CS(=O)(=O)Cl.CS(=O)(=O)O[C@@H]1CCN(C(=O)c2ccc(-n3cnc4ccccc43)cc2)C1.O=C(c1ccc(-n2cnc3ccccc32)cc1)N1CC[C@@H](O)C1. The quantitative estimate of drug-likeness (QED) is 0.185. The average molecular weight is 807 g/mol. The van der Waals surface area contributed by atoms with Crippen molar-refractivity contribution >= 4 is 63.7 Å². The molecule has 2 aromatic heterocycles. The number of halogens is 1. The zero-order chi connectivity index (χ0) is 39.3. The predicted molar refractivity (Wildman–Crippen MR) is 210 cm³/mol. The van der Waals surface area contributed by atoms with Gasteiger partial charge in [0.1, 0.15) is 12.7 Å². The molecule has 2 fully saturated rings. The lowest BCUT2D eigenvalue weighted by molar-refractivity contribution is 0.0762. The van der Waals surface area contributed by atoms with Crippen LogP contribution >= 0.6 is 10.7 Å². The smallest absolute Gasteiger partial charge is 0.264 e. The van der Waals surface area contributed by atoms with Crippen molar-refractivity contribution < 1.29 is 35.7 Å². The summed E-state index contributed by atoms with van der Waals surface area (Å²) in [7, 11) is -2.21. The number of fused-ring (bicyclic) bond motifs is 2. The Balaban J connectivity index is 0.000000168. The van der Waals surface area contributed by atoms with E-state index < -0.39 is 31.4 Å². The van der Waals surface area contributed by atoms with Crippen LogP contribution in [-0.4, -0.2) is 114 Å². The summed E-state index contributed by atoms with van der Waals surface area (Å²) in [5, 5.41) is 9.56. The number of para-hydroxylation sites is 4. The second-order valence-electron chi connectivity index (χ2n) is 13.1. The Labute approximate surface area is 323 Å². The third kappa shape index (κ3) is 10.3. The van der Waals surface area contributed by atoms with E-state index in [1.54, 1.807) is 34.6 Å². The lowest BCUT2D eigenvalue weighted by Gasteiger charge is -2.16. The van der Waals surface area contributed by atoms with Crippen LogP contribution in [-0.2, 0) is 23.4 Å². The maximum Gasteiger partial charge on any atom is 0.264 e. The zero-order valence-corrected chi connectivity index (χ0v) is 32.4. The first-order valence-electron chi connectivity index (χ1n) is 17.2. The number of nitrogens with zero attached hydrogens (tertiary/aromatic N) is 6. The van der Waals surface area contributed by atoms with E-state index in [2.05, 4.69) is 20.7 Å². The molecule has 55 heavy (non-hydrogen) atoms. The Morgan fingerprint density at radius 3 is 1.51 bits per heavy atom. The molecule has 0 bridgehead atoms. The fourth-order valence-corrected chi connectivity index (χ4v) is 7.04. The Morgan fingerprint density at radius 1 is 0.673 bits per heavy atom. The Kier molecular flexibility index (Phi) is 12.0. The van der Waals surface area contributed by atoms with Gasteiger partial charge in [0.15, 0.2) is 0 Å². The van der Waals surface area contributed by atoms with Crippen LogP contribution in [0.3, 0.4) is 0 Å². The minimum Gasteiger partial charge on any atom is -0.391 e. The van der Waals surface area contributed by atoms with Crippen LogP contribution in [0.15, 0.2) is 110 Å². The van der Waals surface area contributed by atoms with Gasteiger partial charge in [-0.15, -0.1) is 0 Å². The molecule has 4 aromatic carbocycles. The number of carbonyl (C=O) groups excluding carboxylic acids is 2. The van der Waals surface area contributed by atoms with Gasteiger partial charge in [-0.1, -0.05) is 24.3 Å². The molecule has 2 aliphatic heterocycles. The van der Waals surface area contributed by atoms with E-state index in [4.69, 9.17) is 4.18 Å². The Bertz CT molecular complexity index is 2520. The molecule has 2 aliphatic rings. The van der Waals surface area contributed by atoms with Crippen molar-refractivity contribution in [3.63, 3.8) is 0 Å². The van der Waals surface area contributed by atoms with E-state index in [-0.39, 0.29) is 18.4 Å². The second kappa shape index (κ2) is 16.7. The largest absolute Gasteiger partial charge is 0.391 e. The molecule has 0 spiro atoms. The van der Waals surface area contributed by atoms with Crippen LogP contribution in [0.25, 0.3) is 33.4 Å². The van der Waals surface area contributed by atoms with Crippen LogP contribution < -0.4 is 0 Å². The molecule has 288 valence electrons. The van der Waals surface area contributed by atoms with Crippen molar-refractivity contribution in [2.75, 3.05) is 38.7 Å². The molecular formula is C38H39ClN6O8S2. The molecule has 4 heterocycles. The van der Waals surface area contributed by atoms with Crippen LogP contribution in [0, 0.1) is 0 Å². The Morgan fingerprint density at radius 2 is 1.09 bits per heavy atom. The number of benzene rings is 4. The van der Waals surface area contributed by atoms with Crippen LogP contribution in [0.4, 0.5) is 0 Å². The number of aliphatic hydroxyl groups is 1. The summed E-state index contributed by atoms with van der Waals surface area (Å²) in [6, 6.07) is 30.6. The van der Waals surface area contributed by atoms with Crippen LogP contribution in [0.2, 0.25) is 0 Å². The summed E-state index contributed by atoms with van der Waals surface area (Å²) in [6.07, 6.45) is 5.80. The second-order valence-corrected chi connectivity index (χ2v) is 17.8. The highest BCUT2D eigenvalue weighted by atomic mass is 35.7. The van der Waals surface area contributed by atoms with Gasteiger partial charge in [-0.2, -0.15) is 8.42 Å². The molecule has 8 rings (SSSR count). The van der Waals surface area contributed by atoms with Crippen molar-refractivity contribution in [1.29, 1.82) is 0 Å². The molecule has 1 N–H and O–H groups in total. The van der Waals surface area contributed by atoms with Crippen molar-refractivity contribution in [3.8, 4) is 11.4 Å². The van der Waals surface area contributed by atoms with Crippen molar-refractivity contribution in [2.24, 2.45) is 0 Å². The van der Waals surface area contributed by atoms with Gasteiger partial charge in [0.25, 0.3) is 21.9 Å². The first-order valence-corrected chi connectivity index (χ1v) is 21.8. The van der Waals surface area contributed by atoms with Crippen molar-refractivity contribution in [2.45, 2.75) is 25.0 Å². The summed E-state index contributed by atoms with van der Waals surface area (Å²) in [5.41, 5.74) is 6.98. The lowest BCUT2D eigenvalue weighted by atomic mass is 10.2. The first-order chi connectivity index (χ1) is 26.1. The third-order valence-electron chi connectivity index (χ3n) is 8.89. The standard InChI is InChI=1S/C19H19N3O4S.C18H17N3O2.CH3ClO2S/c1-27(24,25)26-16-10-11-21(12-16)19(23)14-6-8-15(9-7-14)22-13-20-17-4-2-3-5-18(17)22;22-15-9-10-20(11-15)18(23)13-5-7-14(8-6-13)21-12-19-16-3-1-2-4-17(16)21;1-5(2,3)4/h2-9,13,16H,10-12H2,1H3;1-8,12,15,22H,9-11H2;1H3/t16-;15-;/m11./s1. The summed E-state index contributed by atoms with van der Waals surface area (Å²) in [5.74, 6) is -0.153. The highest BCUT2D eigenvalue weighted by molar-refractivity contribution is 8.13. The molecule has 2 atom stereocenters. The van der Waals surface area contributed by atoms with Gasteiger partial charge in [-0.05, 0) is 85.6 Å². The molecule has 0 unspecified atom stereocenters. The number of hydrogen-bond acceptors (Lipinski definition) is 10. The summed E-state index contributed by atoms with van der Waals surface area (Å²) < 4.78 is 50.2. The van der Waals surface area contributed by atoms with E-state index in [1.807, 2.05) is 94.1 Å².